The number of benzene rings is 1. The lowest BCUT2D eigenvalue weighted by molar-refractivity contribution is 0.251. The number of urea groups is 1. The zero-order chi connectivity index (χ0) is 15.4. The summed E-state index contributed by atoms with van der Waals surface area (Å²) in [6.45, 7) is 0.295. The number of thiophene rings is 1. The molecule has 2 N–H and O–H groups in total. The van der Waals surface area contributed by atoms with Crippen LogP contribution in [0.3, 0.4) is 0 Å². The van der Waals surface area contributed by atoms with E-state index in [2.05, 4.69) is 20.9 Å². The highest BCUT2D eigenvalue weighted by atomic mass is 35.5. The number of rotatable bonds is 4. The number of carbonyl (C=O) groups excluding carboxylic acids is 1. The molecule has 0 fully saturated rings. The number of aromatic nitrogens is 3. The Labute approximate surface area is 135 Å². The molecule has 0 bridgehead atoms. The van der Waals surface area contributed by atoms with Crippen LogP contribution in [0.4, 0.5) is 10.5 Å². The van der Waals surface area contributed by atoms with Crippen LogP contribution in [0, 0.1) is 0 Å². The predicted molar refractivity (Wildman–Crippen MR) is 86.5 cm³/mol. The first-order chi connectivity index (χ1) is 10.7. The van der Waals surface area contributed by atoms with Gasteiger partial charge in [-0.3, -0.25) is 0 Å². The summed E-state index contributed by atoms with van der Waals surface area (Å²) >= 11 is 7.38. The highest BCUT2D eigenvalue weighted by Gasteiger charge is 2.06. The van der Waals surface area contributed by atoms with Crippen LogP contribution in [0.25, 0.3) is 5.69 Å². The van der Waals surface area contributed by atoms with Crippen LogP contribution in [-0.4, -0.2) is 21.0 Å². The Bertz CT molecular complexity index is 754. The minimum Gasteiger partial charge on any atom is -0.332 e. The van der Waals surface area contributed by atoms with E-state index in [1.807, 2.05) is 16.8 Å². The van der Waals surface area contributed by atoms with Gasteiger partial charge < -0.3 is 10.6 Å². The summed E-state index contributed by atoms with van der Waals surface area (Å²) in [5, 5.41) is 18.0. The van der Waals surface area contributed by atoms with Gasteiger partial charge in [0.05, 0.1) is 18.4 Å². The molecule has 2 amide bonds. The molecule has 0 aliphatic heterocycles. The van der Waals surface area contributed by atoms with E-state index in [1.54, 1.807) is 46.5 Å². The fraction of sp³-hybridized carbons (Fsp3) is 0.0714. The Morgan fingerprint density at radius 3 is 2.82 bits per heavy atom. The van der Waals surface area contributed by atoms with Crippen molar-refractivity contribution in [2.75, 3.05) is 5.32 Å². The number of halogens is 1. The van der Waals surface area contributed by atoms with E-state index in [9.17, 15) is 4.79 Å². The maximum atomic E-state index is 11.8. The molecule has 0 atom stereocenters. The number of nitrogens with zero attached hydrogens (tertiary/aromatic N) is 3. The lowest BCUT2D eigenvalue weighted by atomic mass is 10.3. The molecule has 0 aliphatic rings. The lowest BCUT2D eigenvalue weighted by Gasteiger charge is -2.06. The molecule has 3 aromatic rings. The second-order valence-corrected chi connectivity index (χ2v) is 5.67. The molecular weight excluding hydrogens is 322 g/mol. The van der Waals surface area contributed by atoms with Crippen molar-refractivity contribution < 1.29 is 4.79 Å². The minimum absolute atomic E-state index is 0.295. The molecular formula is C14H12ClN5OS. The van der Waals surface area contributed by atoms with Crippen molar-refractivity contribution in [2.24, 2.45) is 0 Å². The number of anilines is 1. The van der Waals surface area contributed by atoms with Gasteiger partial charge in [-0.05, 0) is 35.7 Å². The van der Waals surface area contributed by atoms with Crippen LogP contribution in [0.5, 0.6) is 0 Å². The quantitative estimate of drug-likeness (QED) is 0.769. The monoisotopic (exact) mass is 333 g/mol. The molecule has 0 saturated carbocycles. The summed E-state index contributed by atoms with van der Waals surface area (Å²) in [5.41, 5.74) is 2.30. The van der Waals surface area contributed by atoms with Crippen LogP contribution in [0.1, 0.15) is 5.69 Å². The van der Waals surface area contributed by atoms with E-state index in [4.69, 9.17) is 11.6 Å². The minimum atomic E-state index is -0.313. The second-order valence-electron chi connectivity index (χ2n) is 4.45. The van der Waals surface area contributed by atoms with E-state index in [1.165, 1.54) is 0 Å². The lowest BCUT2D eigenvalue weighted by Crippen LogP contribution is -2.28. The molecule has 1 aromatic carbocycles. The van der Waals surface area contributed by atoms with Gasteiger partial charge in [0.2, 0.25) is 0 Å². The Hall–Kier alpha value is -2.38. The molecule has 112 valence electrons. The molecule has 8 heteroatoms. The summed E-state index contributed by atoms with van der Waals surface area (Å²) in [6.07, 6.45) is 1.78. The maximum absolute atomic E-state index is 11.8. The van der Waals surface area contributed by atoms with Gasteiger partial charge in [-0.1, -0.05) is 16.8 Å². The highest BCUT2D eigenvalue weighted by Crippen LogP contribution is 2.13. The fourth-order valence-electron chi connectivity index (χ4n) is 1.77. The third-order valence-electron chi connectivity index (χ3n) is 2.84. The average molecular weight is 334 g/mol. The first kappa shape index (κ1) is 14.6. The van der Waals surface area contributed by atoms with Crippen LogP contribution in [-0.2, 0) is 6.54 Å². The van der Waals surface area contributed by atoms with Crippen LogP contribution < -0.4 is 10.6 Å². The summed E-state index contributed by atoms with van der Waals surface area (Å²) in [6, 6.07) is 8.52. The largest absolute Gasteiger partial charge is 0.332 e. The van der Waals surface area contributed by atoms with Gasteiger partial charge in [-0.15, -0.1) is 5.10 Å². The fourth-order valence-corrected chi connectivity index (χ4v) is 2.52. The topological polar surface area (TPSA) is 71.8 Å². The van der Waals surface area contributed by atoms with Gasteiger partial charge in [-0.25, -0.2) is 9.48 Å². The van der Waals surface area contributed by atoms with E-state index in [0.717, 1.165) is 5.69 Å². The molecule has 0 spiro atoms. The smallest absolute Gasteiger partial charge is 0.319 e. The number of nitrogens with one attached hydrogen (secondary N) is 2. The summed E-state index contributed by atoms with van der Waals surface area (Å²) in [4.78, 5) is 11.8. The van der Waals surface area contributed by atoms with Crippen LogP contribution in [0.15, 0.2) is 47.3 Å². The van der Waals surface area contributed by atoms with Gasteiger partial charge >= 0.3 is 6.03 Å². The maximum Gasteiger partial charge on any atom is 0.319 e. The Morgan fingerprint density at radius 2 is 2.09 bits per heavy atom. The molecule has 0 aliphatic carbocycles. The van der Waals surface area contributed by atoms with Crippen molar-refractivity contribution in [3.05, 3.63) is 58.0 Å². The van der Waals surface area contributed by atoms with Crippen molar-refractivity contribution in [1.82, 2.24) is 20.3 Å². The van der Waals surface area contributed by atoms with Gasteiger partial charge in [0.25, 0.3) is 0 Å². The summed E-state index contributed by atoms with van der Waals surface area (Å²) in [7, 11) is 0. The average Bonchev–Trinajstić information content (AvgIpc) is 3.18. The third-order valence-corrected chi connectivity index (χ3v) is 3.77. The summed E-state index contributed by atoms with van der Waals surface area (Å²) in [5.74, 6) is 0. The Balaban J connectivity index is 1.54. The number of amides is 2. The number of hydrogen-bond acceptors (Lipinski definition) is 4. The molecule has 0 radical (unpaired) electrons. The molecule has 22 heavy (non-hydrogen) atoms. The zero-order valence-corrected chi connectivity index (χ0v) is 12.9. The first-order valence-corrected chi connectivity index (χ1v) is 7.77. The number of hydrogen-bond donors (Lipinski definition) is 2. The summed E-state index contributed by atoms with van der Waals surface area (Å²) < 4.78 is 1.67. The molecule has 2 heterocycles. The van der Waals surface area contributed by atoms with E-state index in [-0.39, 0.29) is 6.03 Å². The van der Waals surface area contributed by atoms with E-state index in [0.29, 0.717) is 22.9 Å². The molecule has 6 nitrogen and oxygen atoms in total. The zero-order valence-electron chi connectivity index (χ0n) is 11.4. The Morgan fingerprint density at radius 1 is 1.27 bits per heavy atom. The van der Waals surface area contributed by atoms with Crippen molar-refractivity contribution in [3.63, 3.8) is 0 Å². The van der Waals surface area contributed by atoms with Gasteiger partial charge in [0.1, 0.15) is 5.69 Å². The van der Waals surface area contributed by atoms with Crippen molar-refractivity contribution in [2.45, 2.75) is 6.54 Å². The van der Waals surface area contributed by atoms with Crippen molar-refractivity contribution in [1.29, 1.82) is 0 Å². The Kier molecular flexibility index (Phi) is 4.36. The molecule has 0 saturated heterocycles. The van der Waals surface area contributed by atoms with Gasteiger partial charge in [0.15, 0.2) is 0 Å². The highest BCUT2D eigenvalue weighted by molar-refractivity contribution is 7.08. The SMILES string of the molecule is O=C(NCc1cn(-c2ccsc2)nn1)Nc1ccc(Cl)cc1. The molecule has 0 unspecified atom stereocenters. The number of carbonyl (C=O) groups is 1. The standard InChI is InChI=1S/C14H12ClN5OS/c15-10-1-3-11(4-2-10)17-14(21)16-7-12-8-20(19-18-12)13-5-6-22-9-13/h1-6,8-9H,7H2,(H2,16,17,21). The van der Waals surface area contributed by atoms with Crippen LogP contribution >= 0.6 is 22.9 Å². The normalized spacial score (nSPS) is 10.4. The molecule has 2 aromatic heterocycles. The molecule has 3 rings (SSSR count). The van der Waals surface area contributed by atoms with Crippen LogP contribution in [0.2, 0.25) is 5.02 Å². The van der Waals surface area contributed by atoms with Gasteiger partial charge in [-0.2, -0.15) is 11.3 Å². The first-order valence-electron chi connectivity index (χ1n) is 6.45. The third kappa shape index (κ3) is 3.63. The van der Waals surface area contributed by atoms with E-state index < -0.39 is 0 Å². The van der Waals surface area contributed by atoms with Gasteiger partial charge in [0, 0.05) is 16.1 Å². The predicted octanol–water partition coefficient (Wildman–Crippen LogP) is 3.30. The van der Waals surface area contributed by atoms with Crippen molar-refractivity contribution in [3.8, 4) is 5.69 Å². The van der Waals surface area contributed by atoms with E-state index >= 15 is 0 Å². The second kappa shape index (κ2) is 6.59. The van der Waals surface area contributed by atoms with Crippen molar-refractivity contribution >= 4 is 34.7 Å².